The molecule has 0 aliphatic carbocycles. The van der Waals surface area contributed by atoms with E-state index in [2.05, 4.69) is 26.5 Å². The number of likely N-dealkylation sites (N-methyl/N-ethyl adjacent to an activating group) is 1. The summed E-state index contributed by atoms with van der Waals surface area (Å²) in [5.74, 6) is -0.511. The number of amides is 1. The summed E-state index contributed by atoms with van der Waals surface area (Å²) in [5, 5.41) is 5.78. The smallest absolute Gasteiger partial charge is 0.255 e. The molecule has 0 aliphatic heterocycles. The summed E-state index contributed by atoms with van der Waals surface area (Å²) in [6, 6.07) is 8.17. The summed E-state index contributed by atoms with van der Waals surface area (Å²) < 4.78 is 26.5. The van der Waals surface area contributed by atoms with Gasteiger partial charge in [-0.2, -0.15) is 9.41 Å². The molecule has 6 nitrogen and oxygen atoms in total. The fourth-order valence-corrected chi connectivity index (χ4v) is 3.97. The molecule has 1 N–H and O–H groups in total. The zero-order valence-corrected chi connectivity index (χ0v) is 16.3. The van der Waals surface area contributed by atoms with E-state index in [1.165, 1.54) is 30.5 Å². The Morgan fingerprint density at radius 2 is 2.00 bits per heavy atom. The van der Waals surface area contributed by atoms with Gasteiger partial charge >= 0.3 is 0 Å². The Balaban J connectivity index is 1.96. The van der Waals surface area contributed by atoms with E-state index in [9.17, 15) is 13.2 Å². The SMILES string of the molecule is Cc1ccsc1/C=N\NC(=O)CN(C)S(=O)(=O)c1ccc(Br)cc1. The number of nitrogens with one attached hydrogen (secondary N) is 1. The van der Waals surface area contributed by atoms with E-state index in [0.717, 1.165) is 19.2 Å². The Kier molecular flexibility index (Phi) is 6.27. The summed E-state index contributed by atoms with van der Waals surface area (Å²) in [7, 11) is -2.37. The molecule has 0 aliphatic rings. The number of aryl methyl sites for hydroxylation is 1. The molecule has 0 radical (unpaired) electrons. The van der Waals surface area contributed by atoms with E-state index in [-0.39, 0.29) is 11.4 Å². The summed E-state index contributed by atoms with van der Waals surface area (Å²) in [6.45, 7) is 1.62. The van der Waals surface area contributed by atoms with Crippen LogP contribution in [0, 0.1) is 6.92 Å². The van der Waals surface area contributed by atoms with Crippen LogP contribution >= 0.6 is 27.3 Å². The van der Waals surface area contributed by atoms with E-state index in [4.69, 9.17) is 0 Å². The van der Waals surface area contributed by atoms with Crippen molar-refractivity contribution in [2.45, 2.75) is 11.8 Å². The Hall–Kier alpha value is -1.55. The summed E-state index contributed by atoms with van der Waals surface area (Å²) in [5.41, 5.74) is 3.40. The molecule has 1 aromatic carbocycles. The quantitative estimate of drug-likeness (QED) is 0.565. The molecule has 0 fully saturated rings. The van der Waals surface area contributed by atoms with Gasteiger partial charge < -0.3 is 0 Å². The van der Waals surface area contributed by atoms with Crippen molar-refractivity contribution in [1.82, 2.24) is 9.73 Å². The first kappa shape index (κ1) is 18.8. The molecule has 0 spiro atoms. The summed E-state index contributed by atoms with van der Waals surface area (Å²) in [4.78, 5) is 12.9. The van der Waals surface area contributed by atoms with Gasteiger partial charge in [0.25, 0.3) is 5.91 Å². The second-order valence-corrected chi connectivity index (χ2v) is 8.88. The number of hydrogen-bond acceptors (Lipinski definition) is 5. The number of hydrogen-bond donors (Lipinski definition) is 1. The van der Waals surface area contributed by atoms with Crippen LogP contribution < -0.4 is 5.43 Å². The maximum absolute atomic E-state index is 12.4. The second kappa shape index (κ2) is 8.02. The standard InChI is InChI=1S/C15H16BrN3O3S2/c1-11-7-8-23-14(11)9-17-18-15(20)10-19(2)24(21,22)13-5-3-12(16)4-6-13/h3-9H,10H2,1-2H3,(H,18,20)/b17-9-. The molecule has 0 saturated heterocycles. The van der Waals surface area contributed by atoms with Crippen LogP contribution in [0.5, 0.6) is 0 Å². The predicted octanol–water partition coefficient (Wildman–Crippen LogP) is 2.59. The average molecular weight is 430 g/mol. The number of carbonyl (C=O) groups is 1. The van der Waals surface area contributed by atoms with Crippen LogP contribution in [0.4, 0.5) is 0 Å². The lowest BCUT2D eigenvalue weighted by Crippen LogP contribution is -2.36. The topological polar surface area (TPSA) is 78.8 Å². The molecule has 0 atom stereocenters. The van der Waals surface area contributed by atoms with Crippen molar-refractivity contribution in [2.75, 3.05) is 13.6 Å². The van der Waals surface area contributed by atoms with Crippen LogP contribution in [0.25, 0.3) is 0 Å². The van der Waals surface area contributed by atoms with Gasteiger partial charge in [0.05, 0.1) is 17.7 Å². The summed E-state index contributed by atoms with van der Waals surface area (Å²) in [6.07, 6.45) is 1.54. The highest BCUT2D eigenvalue weighted by atomic mass is 79.9. The molecule has 9 heteroatoms. The van der Waals surface area contributed by atoms with Gasteiger partial charge in [-0.3, -0.25) is 4.79 Å². The minimum absolute atomic E-state index is 0.124. The highest BCUT2D eigenvalue weighted by Crippen LogP contribution is 2.17. The Bertz CT molecular complexity index is 845. The van der Waals surface area contributed by atoms with Crippen LogP contribution in [0.1, 0.15) is 10.4 Å². The molecule has 128 valence electrons. The monoisotopic (exact) mass is 429 g/mol. The first-order chi connectivity index (χ1) is 11.3. The number of thiophene rings is 1. The Morgan fingerprint density at radius 1 is 1.33 bits per heavy atom. The van der Waals surface area contributed by atoms with Crippen LogP contribution in [0.3, 0.4) is 0 Å². The van der Waals surface area contributed by atoms with Crippen molar-refractivity contribution in [2.24, 2.45) is 5.10 Å². The van der Waals surface area contributed by atoms with Crippen LogP contribution in [0.2, 0.25) is 0 Å². The Morgan fingerprint density at radius 3 is 2.58 bits per heavy atom. The van der Waals surface area contributed by atoms with Crippen LogP contribution in [-0.4, -0.2) is 38.4 Å². The number of halogens is 1. The first-order valence-corrected chi connectivity index (χ1v) is 10.00. The number of rotatable bonds is 6. The third-order valence-corrected chi connectivity index (χ3v) is 6.46. The molecule has 1 heterocycles. The zero-order valence-electron chi connectivity index (χ0n) is 13.1. The van der Waals surface area contributed by atoms with Gasteiger partial charge in [-0.15, -0.1) is 11.3 Å². The fraction of sp³-hybridized carbons (Fsp3) is 0.200. The average Bonchev–Trinajstić information content (AvgIpc) is 2.93. The number of carbonyl (C=O) groups excluding carboxylic acids is 1. The maximum Gasteiger partial charge on any atom is 0.255 e. The van der Waals surface area contributed by atoms with Crippen molar-refractivity contribution in [3.05, 3.63) is 50.6 Å². The van der Waals surface area contributed by atoms with Gasteiger partial charge in [-0.05, 0) is 48.2 Å². The van der Waals surface area contributed by atoms with E-state index in [1.54, 1.807) is 18.3 Å². The van der Waals surface area contributed by atoms with Crippen LogP contribution in [0.15, 0.2) is 50.2 Å². The number of sulfonamides is 1. The largest absolute Gasteiger partial charge is 0.272 e. The highest BCUT2D eigenvalue weighted by molar-refractivity contribution is 9.10. The molecule has 0 bridgehead atoms. The molecule has 2 rings (SSSR count). The van der Waals surface area contributed by atoms with Crippen molar-refractivity contribution in [1.29, 1.82) is 0 Å². The highest BCUT2D eigenvalue weighted by Gasteiger charge is 2.22. The normalized spacial score (nSPS) is 12.0. The van der Waals surface area contributed by atoms with E-state index >= 15 is 0 Å². The molecular weight excluding hydrogens is 414 g/mol. The third-order valence-electron chi connectivity index (χ3n) is 3.16. The summed E-state index contributed by atoms with van der Waals surface area (Å²) >= 11 is 4.76. The minimum atomic E-state index is -3.72. The van der Waals surface area contributed by atoms with Crippen molar-refractivity contribution >= 4 is 49.4 Å². The van der Waals surface area contributed by atoms with E-state index in [0.29, 0.717) is 0 Å². The lowest BCUT2D eigenvalue weighted by molar-refractivity contribution is -0.121. The van der Waals surface area contributed by atoms with E-state index < -0.39 is 15.9 Å². The van der Waals surface area contributed by atoms with Gasteiger partial charge in [-0.1, -0.05) is 15.9 Å². The van der Waals surface area contributed by atoms with Crippen molar-refractivity contribution < 1.29 is 13.2 Å². The lowest BCUT2D eigenvalue weighted by Gasteiger charge is -2.16. The molecule has 1 aromatic heterocycles. The number of nitrogens with zero attached hydrogens (tertiary/aromatic N) is 2. The number of hydrazone groups is 1. The number of benzene rings is 1. The van der Waals surface area contributed by atoms with Gasteiger partial charge in [0.15, 0.2) is 0 Å². The fourth-order valence-electron chi connectivity index (χ4n) is 1.79. The van der Waals surface area contributed by atoms with Gasteiger partial charge in [0.2, 0.25) is 10.0 Å². The predicted molar refractivity (Wildman–Crippen MR) is 98.8 cm³/mol. The Labute approximate surface area is 153 Å². The van der Waals surface area contributed by atoms with Crippen LogP contribution in [-0.2, 0) is 14.8 Å². The van der Waals surface area contributed by atoms with Gasteiger partial charge in [0.1, 0.15) is 0 Å². The lowest BCUT2D eigenvalue weighted by atomic mass is 10.3. The maximum atomic E-state index is 12.4. The van der Waals surface area contributed by atoms with Crippen molar-refractivity contribution in [3.63, 3.8) is 0 Å². The molecule has 1 amide bonds. The van der Waals surface area contributed by atoms with E-state index in [1.807, 2.05) is 18.4 Å². The molecule has 24 heavy (non-hydrogen) atoms. The second-order valence-electron chi connectivity index (χ2n) is 4.98. The minimum Gasteiger partial charge on any atom is -0.272 e. The van der Waals surface area contributed by atoms with Gasteiger partial charge in [0, 0.05) is 16.4 Å². The van der Waals surface area contributed by atoms with Gasteiger partial charge in [-0.25, -0.2) is 13.8 Å². The molecule has 0 unspecified atom stereocenters. The molecule has 2 aromatic rings. The van der Waals surface area contributed by atoms with Crippen molar-refractivity contribution in [3.8, 4) is 0 Å². The third kappa shape index (κ3) is 4.73. The first-order valence-electron chi connectivity index (χ1n) is 6.88. The molecular formula is C15H16BrN3O3S2. The zero-order chi connectivity index (χ0) is 17.7. The molecule has 0 saturated carbocycles.